The van der Waals surface area contributed by atoms with Gasteiger partial charge in [-0.15, -0.1) is 0 Å². The minimum absolute atomic E-state index is 0.189. The van der Waals surface area contributed by atoms with Crippen LogP contribution < -0.4 is 0 Å². The highest BCUT2D eigenvalue weighted by Crippen LogP contribution is 2.21. The van der Waals surface area contributed by atoms with Crippen LogP contribution in [0.25, 0.3) is 0 Å². The van der Waals surface area contributed by atoms with E-state index in [0.29, 0.717) is 5.92 Å². The number of morpholine rings is 1. The molecule has 0 unspecified atom stereocenters. The van der Waals surface area contributed by atoms with E-state index in [0.717, 1.165) is 84.0 Å². The van der Waals surface area contributed by atoms with Crippen LogP contribution in [0, 0.1) is 5.92 Å². The lowest BCUT2D eigenvalue weighted by molar-refractivity contribution is 0.0243. The number of hydrogen-bond acceptors (Lipinski definition) is 4. The predicted molar refractivity (Wildman–Crippen MR) is 109 cm³/mol. The molecule has 0 aromatic heterocycles. The third kappa shape index (κ3) is 5.77. The number of carbonyl (C=O) groups excluding carboxylic acids is 1. The van der Waals surface area contributed by atoms with Gasteiger partial charge in [-0.1, -0.05) is 26.0 Å². The van der Waals surface area contributed by atoms with Gasteiger partial charge in [-0.25, -0.2) is 0 Å². The third-order valence-electron chi connectivity index (χ3n) is 6.02. The molecule has 3 rings (SSSR count). The zero-order chi connectivity index (χ0) is 19.1. The summed E-state index contributed by atoms with van der Waals surface area (Å²) < 4.78 is 5.43. The maximum atomic E-state index is 12.8. The van der Waals surface area contributed by atoms with Crippen molar-refractivity contribution in [1.82, 2.24) is 14.7 Å². The van der Waals surface area contributed by atoms with Crippen LogP contribution in [0.1, 0.15) is 42.6 Å². The average molecular weight is 374 g/mol. The summed E-state index contributed by atoms with van der Waals surface area (Å²) >= 11 is 0. The summed E-state index contributed by atoms with van der Waals surface area (Å²) in [5.74, 6) is 0.901. The largest absolute Gasteiger partial charge is 0.379 e. The van der Waals surface area contributed by atoms with Crippen LogP contribution in [0.15, 0.2) is 24.3 Å². The van der Waals surface area contributed by atoms with Crippen molar-refractivity contribution in [3.63, 3.8) is 0 Å². The summed E-state index contributed by atoms with van der Waals surface area (Å²) in [4.78, 5) is 19.8. The molecule has 0 spiro atoms. The second kappa shape index (κ2) is 10.2. The van der Waals surface area contributed by atoms with Gasteiger partial charge >= 0.3 is 0 Å². The minimum atomic E-state index is 0.189. The van der Waals surface area contributed by atoms with Crippen LogP contribution in [-0.2, 0) is 11.3 Å². The maximum absolute atomic E-state index is 12.8. The lowest BCUT2D eigenvalue weighted by atomic mass is 9.95. The van der Waals surface area contributed by atoms with Crippen molar-refractivity contribution in [2.45, 2.75) is 33.2 Å². The summed E-state index contributed by atoms with van der Waals surface area (Å²) in [6.07, 6.45) is 2.23. The molecule has 1 aromatic rings. The number of amides is 1. The Kier molecular flexibility index (Phi) is 7.68. The minimum Gasteiger partial charge on any atom is -0.379 e. The maximum Gasteiger partial charge on any atom is 0.253 e. The Morgan fingerprint density at radius 3 is 2.26 bits per heavy atom. The first-order valence-electron chi connectivity index (χ1n) is 10.6. The van der Waals surface area contributed by atoms with E-state index < -0.39 is 0 Å². The third-order valence-corrected chi connectivity index (χ3v) is 6.02. The summed E-state index contributed by atoms with van der Waals surface area (Å²) in [6.45, 7) is 14.2. The molecule has 2 heterocycles. The molecule has 0 N–H and O–H groups in total. The van der Waals surface area contributed by atoms with E-state index in [4.69, 9.17) is 4.74 Å². The van der Waals surface area contributed by atoms with Crippen molar-refractivity contribution in [3.05, 3.63) is 35.4 Å². The topological polar surface area (TPSA) is 36.0 Å². The number of nitrogens with zero attached hydrogens (tertiary/aromatic N) is 3. The molecule has 0 radical (unpaired) electrons. The number of likely N-dealkylation sites (tertiary alicyclic amines) is 1. The van der Waals surface area contributed by atoms with Crippen LogP contribution in [0.3, 0.4) is 0 Å². The zero-order valence-electron chi connectivity index (χ0n) is 17.0. The highest BCUT2D eigenvalue weighted by molar-refractivity contribution is 5.94. The van der Waals surface area contributed by atoms with E-state index in [9.17, 15) is 4.79 Å². The Balaban J connectivity index is 1.47. The first-order chi connectivity index (χ1) is 13.2. The van der Waals surface area contributed by atoms with Gasteiger partial charge < -0.3 is 9.64 Å². The van der Waals surface area contributed by atoms with Crippen LogP contribution in [-0.4, -0.2) is 79.6 Å². The van der Waals surface area contributed by atoms with E-state index in [2.05, 4.69) is 35.8 Å². The first kappa shape index (κ1) is 20.3. The Labute approximate surface area is 164 Å². The van der Waals surface area contributed by atoms with Crippen molar-refractivity contribution in [3.8, 4) is 0 Å². The van der Waals surface area contributed by atoms with Crippen LogP contribution in [0.2, 0.25) is 0 Å². The Morgan fingerprint density at radius 2 is 1.67 bits per heavy atom. The highest BCUT2D eigenvalue weighted by atomic mass is 16.5. The van der Waals surface area contributed by atoms with Crippen molar-refractivity contribution >= 4 is 5.91 Å². The molecule has 5 nitrogen and oxygen atoms in total. The molecule has 1 aromatic carbocycles. The lowest BCUT2D eigenvalue weighted by Crippen LogP contribution is -2.44. The molecule has 2 fully saturated rings. The first-order valence-corrected chi connectivity index (χ1v) is 10.6. The van der Waals surface area contributed by atoms with Gasteiger partial charge in [-0.3, -0.25) is 14.6 Å². The van der Waals surface area contributed by atoms with Crippen molar-refractivity contribution < 1.29 is 9.53 Å². The Morgan fingerprint density at radius 1 is 1.04 bits per heavy atom. The molecule has 2 aliphatic rings. The van der Waals surface area contributed by atoms with E-state index in [1.807, 2.05) is 17.0 Å². The average Bonchev–Trinajstić information content (AvgIpc) is 2.73. The number of rotatable bonds is 7. The molecule has 150 valence electrons. The number of hydrogen-bond donors (Lipinski definition) is 0. The second-order valence-electron chi connectivity index (χ2n) is 7.81. The molecular weight excluding hydrogens is 338 g/mol. The summed E-state index contributed by atoms with van der Waals surface area (Å²) in [6, 6.07) is 8.22. The number of piperidine rings is 1. The molecule has 0 aliphatic carbocycles. The molecule has 5 heteroatoms. The summed E-state index contributed by atoms with van der Waals surface area (Å²) in [5.41, 5.74) is 2.10. The van der Waals surface area contributed by atoms with Crippen LogP contribution >= 0.6 is 0 Å². The van der Waals surface area contributed by atoms with Crippen molar-refractivity contribution in [1.29, 1.82) is 0 Å². The zero-order valence-corrected chi connectivity index (χ0v) is 17.0. The normalized spacial score (nSPS) is 19.6. The molecular formula is C22H35N3O2. The summed E-state index contributed by atoms with van der Waals surface area (Å²) in [7, 11) is 0. The standard InChI is InChI=1S/C22H35N3O2/c1-3-23(4-2)17-19-5-7-21(8-6-19)22(26)25-11-9-20(10-12-25)18-24-13-15-27-16-14-24/h5-8,20H,3-4,9-18H2,1-2H3. The fraction of sp³-hybridized carbons (Fsp3) is 0.682. The summed E-state index contributed by atoms with van der Waals surface area (Å²) in [5, 5.41) is 0. The number of benzene rings is 1. The molecule has 0 atom stereocenters. The molecule has 1 amide bonds. The van der Waals surface area contributed by atoms with E-state index >= 15 is 0 Å². The van der Waals surface area contributed by atoms with Crippen molar-refractivity contribution in [2.24, 2.45) is 5.92 Å². The number of carbonyl (C=O) groups is 1. The van der Waals surface area contributed by atoms with Gasteiger partial charge in [0.05, 0.1) is 13.2 Å². The van der Waals surface area contributed by atoms with Gasteiger partial charge in [0.25, 0.3) is 5.91 Å². The quantitative estimate of drug-likeness (QED) is 0.736. The monoisotopic (exact) mass is 373 g/mol. The molecule has 0 saturated carbocycles. The lowest BCUT2D eigenvalue weighted by Gasteiger charge is -2.36. The SMILES string of the molecule is CCN(CC)Cc1ccc(C(=O)N2CCC(CN3CCOCC3)CC2)cc1. The van der Waals surface area contributed by atoms with Gasteiger partial charge in [0.1, 0.15) is 0 Å². The molecule has 2 saturated heterocycles. The van der Waals surface area contributed by atoms with Crippen LogP contribution in [0.4, 0.5) is 0 Å². The number of ether oxygens (including phenoxy) is 1. The second-order valence-corrected chi connectivity index (χ2v) is 7.81. The van der Waals surface area contributed by atoms with E-state index in [1.54, 1.807) is 0 Å². The van der Waals surface area contributed by atoms with Gasteiger partial charge in [0.15, 0.2) is 0 Å². The van der Waals surface area contributed by atoms with Crippen molar-refractivity contribution in [2.75, 3.05) is 59.0 Å². The van der Waals surface area contributed by atoms with Gasteiger partial charge in [0.2, 0.25) is 0 Å². The van der Waals surface area contributed by atoms with Gasteiger partial charge in [-0.05, 0) is 49.5 Å². The Hall–Kier alpha value is -1.43. The van der Waals surface area contributed by atoms with Crippen LogP contribution in [0.5, 0.6) is 0 Å². The molecule has 2 aliphatic heterocycles. The predicted octanol–water partition coefficient (Wildman–Crippen LogP) is 2.71. The fourth-order valence-corrected chi connectivity index (χ4v) is 4.11. The van der Waals surface area contributed by atoms with E-state index in [1.165, 1.54) is 5.56 Å². The fourth-order valence-electron chi connectivity index (χ4n) is 4.11. The van der Waals surface area contributed by atoms with Gasteiger partial charge in [0, 0.05) is 44.8 Å². The van der Waals surface area contributed by atoms with Gasteiger partial charge in [-0.2, -0.15) is 0 Å². The smallest absolute Gasteiger partial charge is 0.253 e. The van der Waals surface area contributed by atoms with E-state index in [-0.39, 0.29) is 5.91 Å². The molecule has 0 bridgehead atoms. The Bertz CT molecular complexity index is 572. The highest BCUT2D eigenvalue weighted by Gasteiger charge is 2.25. The molecule has 27 heavy (non-hydrogen) atoms.